The van der Waals surface area contributed by atoms with Crippen LogP contribution in [-0.2, 0) is 9.59 Å². The Kier molecular flexibility index (Phi) is 7.59. The standard InChI is InChI=1S/C15H28N2O3/c1-12(15(19)20)17(2)11-14(18)16-10-6-9-13-7-4-3-5-8-13/h12-13H,3-11H2,1-2H3,(H,16,18)(H,19,20). The van der Waals surface area contributed by atoms with E-state index in [4.69, 9.17) is 5.11 Å². The molecule has 0 bridgehead atoms. The zero-order valence-electron chi connectivity index (χ0n) is 12.7. The average Bonchev–Trinajstić information content (AvgIpc) is 2.43. The Morgan fingerprint density at radius 2 is 1.95 bits per heavy atom. The Labute approximate surface area is 121 Å². The van der Waals surface area contributed by atoms with Crippen LogP contribution in [0.25, 0.3) is 0 Å². The molecule has 116 valence electrons. The maximum absolute atomic E-state index is 11.7. The number of hydrogen-bond donors (Lipinski definition) is 2. The number of rotatable bonds is 8. The van der Waals surface area contributed by atoms with Gasteiger partial charge in [-0.05, 0) is 32.7 Å². The summed E-state index contributed by atoms with van der Waals surface area (Å²) >= 11 is 0. The van der Waals surface area contributed by atoms with E-state index in [0.29, 0.717) is 6.54 Å². The van der Waals surface area contributed by atoms with Crippen LogP contribution in [0.2, 0.25) is 0 Å². The number of aliphatic carboxylic acids is 1. The highest BCUT2D eigenvalue weighted by molar-refractivity contribution is 5.79. The number of carboxylic acids is 1. The van der Waals surface area contributed by atoms with E-state index in [9.17, 15) is 9.59 Å². The van der Waals surface area contributed by atoms with Gasteiger partial charge in [-0.2, -0.15) is 0 Å². The number of hydrogen-bond acceptors (Lipinski definition) is 3. The second-order valence-electron chi connectivity index (χ2n) is 5.93. The van der Waals surface area contributed by atoms with Gasteiger partial charge < -0.3 is 10.4 Å². The molecule has 20 heavy (non-hydrogen) atoms. The highest BCUT2D eigenvalue weighted by Gasteiger charge is 2.19. The van der Waals surface area contributed by atoms with Crippen LogP contribution in [0.5, 0.6) is 0 Å². The molecule has 1 aliphatic carbocycles. The minimum Gasteiger partial charge on any atom is -0.480 e. The predicted octanol–water partition coefficient (Wildman–Crippen LogP) is 1.87. The molecular formula is C15H28N2O3. The van der Waals surface area contributed by atoms with E-state index in [2.05, 4.69) is 5.32 Å². The molecule has 5 heteroatoms. The molecule has 1 atom stereocenters. The van der Waals surface area contributed by atoms with Gasteiger partial charge in [0.15, 0.2) is 0 Å². The number of likely N-dealkylation sites (N-methyl/N-ethyl adjacent to an activating group) is 1. The first kappa shape index (κ1) is 17.0. The highest BCUT2D eigenvalue weighted by atomic mass is 16.4. The molecule has 0 aliphatic heterocycles. The maximum atomic E-state index is 11.7. The molecule has 0 aromatic heterocycles. The van der Waals surface area contributed by atoms with Crippen molar-refractivity contribution in [3.8, 4) is 0 Å². The lowest BCUT2D eigenvalue weighted by molar-refractivity contribution is -0.142. The molecule has 0 heterocycles. The summed E-state index contributed by atoms with van der Waals surface area (Å²) < 4.78 is 0. The van der Waals surface area contributed by atoms with Crippen molar-refractivity contribution in [1.82, 2.24) is 10.2 Å². The third-order valence-electron chi connectivity index (χ3n) is 4.25. The van der Waals surface area contributed by atoms with E-state index < -0.39 is 12.0 Å². The Morgan fingerprint density at radius 1 is 1.30 bits per heavy atom. The van der Waals surface area contributed by atoms with Crippen LogP contribution in [0.15, 0.2) is 0 Å². The molecule has 1 saturated carbocycles. The summed E-state index contributed by atoms with van der Waals surface area (Å²) in [7, 11) is 1.65. The van der Waals surface area contributed by atoms with Gasteiger partial charge >= 0.3 is 5.97 Å². The lowest BCUT2D eigenvalue weighted by atomic mass is 9.86. The summed E-state index contributed by atoms with van der Waals surface area (Å²) in [5.74, 6) is -0.155. The SMILES string of the molecule is CC(C(=O)O)N(C)CC(=O)NCCCC1CCCCC1. The fourth-order valence-electron chi connectivity index (χ4n) is 2.70. The molecular weight excluding hydrogens is 256 g/mol. The Bertz CT molecular complexity index is 314. The van der Waals surface area contributed by atoms with Crippen LogP contribution < -0.4 is 5.32 Å². The molecule has 1 amide bonds. The molecule has 1 fully saturated rings. The third kappa shape index (κ3) is 6.37. The highest BCUT2D eigenvalue weighted by Crippen LogP contribution is 2.26. The van der Waals surface area contributed by atoms with Gasteiger partial charge in [0, 0.05) is 6.54 Å². The molecule has 0 aromatic carbocycles. The second-order valence-corrected chi connectivity index (χ2v) is 5.93. The van der Waals surface area contributed by atoms with E-state index in [1.54, 1.807) is 18.9 Å². The van der Waals surface area contributed by atoms with Crippen molar-refractivity contribution in [3.63, 3.8) is 0 Å². The van der Waals surface area contributed by atoms with Gasteiger partial charge in [0.2, 0.25) is 5.91 Å². The summed E-state index contributed by atoms with van der Waals surface area (Å²) in [5.41, 5.74) is 0. The van der Waals surface area contributed by atoms with Crippen LogP contribution in [0.4, 0.5) is 0 Å². The molecule has 1 rings (SSSR count). The number of carbonyl (C=O) groups is 2. The first-order chi connectivity index (χ1) is 9.50. The Balaban J connectivity index is 2.09. The molecule has 0 spiro atoms. The van der Waals surface area contributed by atoms with Gasteiger partial charge in [-0.3, -0.25) is 14.5 Å². The molecule has 0 aromatic rings. The minimum atomic E-state index is -0.905. The fourth-order valence-corrected chi connectivity index (χ4v) is 2.70. The maximum Gasteiger partial charge on any atom is 0.320 e. The van der Waals surface area contributed by atoms with E-state index in [1.807, 2.05) is 0 Å². The topological polar surface area (TPSA) is 69.6 Å². The number of nitrogens with zero attached hydrogens (tertiary/aromatic N) is 1. The molecule has 2 N–H and O–H groups in total. The van der Waals surface area contributed by atoms with Crippen LogP contribution in [0.1, 0.15) is 51.9 Å². The van der Waals surface area contributed by atoms with Gasteiger partial charge in [0.1, 0.15) is 6.04 Å². The summed E-state index contributed by atoms with van der Waals surface area (Å²) in [4.78, 5) is 24.0. The Morgan fingerprint density at radius 3 is 2.55 bits per heavy atom. The van der Waals surface area contributed by atoms with Crippen LogP contribution in [0.3, 0.4) is 0 Å². The summed E-state index contributed by atoms with van der Waals surface area (Å²) in [6.07, 6.45) is 8.99. The second kappa shape index (κ2) is 8.95. The average molecular weight is 284 g/mol. The molecule has 1 unspecified atom stereocenters. The van der Waals surface area contributed by atoms with E-state index in [0.717, 1.165) is 12.3 Å². The van der Waals surface area contributed by atoms with Crippen molar-refractivity contribution in [2.45, 2.75) is 57.9 Å². The number of carbonyl (C=O) groups excluding carboxylic acids is 1. The molecule has 1 aliphatic rings. The summed E-state index contributed by atoms with van der Waals surface area (Å²) in [6, 6.07) is -0.636. The van der Waals surface area contributed by atoms with Gasteiger partial charge in [-0.25, -0.2) is 0 Å². The number of carboxylic acid groups (broad SMARTS) is 1. The van der Waals surface area contributed by atoms with Gasteiger partial charge in [-0.1, -0.05) is 32.1 Å². The monoisotopic (exact) mass is 284 g/mol. The summed E-state index contributed by atoms with van der Waals surface area (Å²) in [6.45, 7) is 2.42. The van der Waals surface area contributed by atoms with E-state index in [-0.39, 0.29) is 12.5 Å². The number of nitrogens with one attached hydrogen (secondary N) is 1. The van der Waals surface area contributed by atoms with Crippen LogP contribution in [0, 0.1) is 5.92 Å². The minimum absolute atomic E-state index is 0.0933. The largest absolute Gasteiger partial charge is 0.480 e. The molecule has 5 nitrogen and oxygen atoms in total. The van der Waals surface area contributed by atoms with E-state index >= 15 is 0 Å². The number of amides is 1. The normalized spacial score (nSPS) is 17.9. The van der Waals surface area contributed by atoms with Crippen LogP contribution in [-0.4, -0.2) is 48.1 Å². The van der Waals surface area contributed by atoms with Gasteiger partial charge in [-0.15, -0.1) is 0 Å². The zero-order valence-corrected chi connectivity index (χ0v) is 12.7. The van der Waals surface area contributed by atoms with Crippen molar-refractivity contribution in [3.05, 3.63) is 0 Å². The van der Waals surface area contributed by atoms with Crippen molar-refractivity contribution in [2.75, 3.05) is 20.1 Å². The van der Waals surface area contributed by atoms with Crippen LogP contribution >= 0.6 is 0 Å². The first-order valence-electron chi connectivity index (χ1n) is 7.70. The van der Waals surface area contributed by atoms with Gasteiger partial charge in [0.05, 0.1) is 6.54 Å². The zero-order chi connectivity index (χ0) is 15.0. The predicted molar refractivity (Wildman–Crippen MR) is 78.5 cm³/mol. The van der Waals surface area contributed by atoms with E-state index in [1.165, 1.54) is 38.5 Å². The first-order valence-corrected chi connectivity index (χ1v) is 7.70. The molecule has 0 saturated heterocycles. The lowest BCUT2D eigenvalue weighted by Gasteiger charge is -2.22. The van der Waals surface area contributed by atoms with Crippen molar-refractivity contribution >= 4 is 11.9 Å². The quantitative estimate of drug-likeness (QED) is 0.668. The van der Waals surface area contributed by atoms with Crippen molar-refractivity contribution < 1.29 is 14.7 Å². The summed E-state index contributed by atoms with van der Waals surface area (Å²) in [5, 5.41) is 11.7. The fraction of sp³-hybridized carbons (Fsp3) is 0.867. The van der Waals surface area contributed by atoms with Gasteiger partial charge in [0.25, 0.3) is 0 Å². The lowest BCUT2D eigenvalue weighted by Crippen LogP contribution is -2.43. The Hall–Kier alpha value is -1.10. The smallest absolute Gasteiger partial charge is 0.320 e. The molecule has 0 radical (unpaired) electrons. The van der Waals surface area contributed by atoms with Crippen molar-refractivity contribution in [1.29, 1.82) is 0 Å². The third-order valence-corrected chi connectivity index (χ3v) is 4.25. The van der Waals surface area contributed by atoms with Crippen molar-refractivity contribution in [2.24, 2.45) is 5.92 Å².